The second kappa shape index (κ2) is 10.2. The van der Waals surface area contributed by atoms with Crippen molar-refractivity contribution < 1.29 is 9.59 Å². The number of carbonyl (C=O) groups is 2. The number of rotatable bonds is 7. The Morgan fingerprint density at radius 3 is 2.39 bits per heavy atom. The molecule has 0 aromatic heterocycles. The van der Waals surface area contributed by atoms with Gasteiger partial charge in [0.05, 0.1) is 6.54 Å². The monoisotopic (exact) mass is 399 g/mol. The van der Waals surface area contributed by atoms with Crippen LogP contribution in [-0.4, -0.2) is 24.4 Å². The minimum absolute atomic E-state index is 0.0498. The molecule has 0 heterocycles. The van der Waals surface area contributed by atoms with E-state index in [0.29, 0.717) is 22.8 Å². The molecular weight excluding hydrogens is 374 g/mol. The Kier molecular flexibility index (Phi) is 7.46. The molecule has 0 radical (unpaired) electrons. The fourth-order valence-electron chi connectivity index (χ4n) is 3.38. The van der Waals surface area contributed by atoms with Gasteiger partial charge in [0.25, 0.3) is 5.91 Å². The summed E-state index contributed by atoms with van der Waals surface area (Å²) < 4.78 is 0. The molecule has 3 N–H and O–H groups in total. The van der Waals surface area contributed by atoms with E-state index in [-0.39, 0.29) is 24.4 Å². The van der Waals surface area contributed by atoms with Crippen LogP contribution < -0.4 is 16.0 Å². The molecule has 0 spiro atoms. The predicted molar refractivity (Wildman–Crippen MR) is 113 cm³/mol. The third kappa shape index (κ3) is 6.08. The maximum atomic E-state index is 12.3. The molecule has 1 aliphatic rings. The molecule has 2 aromatic carbocycles. The van der Waals surface area contributed by atoms with Crippen molar-refractivity contribution in [3.05, 3.63) is 64.7 Å². The van der Waals surface area contributed by atoms with Gasteiger partial charge in [0.15, 0.2) is 0 Å². The Hall–Kier alpha value is -2.37. The molecule has 0 bridgehead atoms. The van der Waals surface area contributed by atoms with Gasteiger partial charge in [0.2, 0.25) is 5.91 Å². The van der Waals surface area contributed by atoms with Crippen molar-refractivity contribution in [1.82, 2.24) is 10.6 Å². The van der Waals surface area contributed by atoms with Crippen molar-refractivity contribution in [2.45, 2.75) is 44.7 Å². The van der Waals surface area contributed by atoms with E-state index >= 15 is 0 Å². The molecule has 5 nitrogen and oxygen atoms in total. The molecular formula is C22H26ClN3O2. The Morgan fingerprint density at radius 1 is 0.964 bits per heavy atom. The fourth-order valence-corrected chi connectivity index (χ4v) is 3.58. The summed E-state index contributed by atoms with van der Waals surface area (Å²) in [6.07, 6.45) is 5.73. The van der Waals surface area contributed by atoms with Crippen molar-refractivity contribution in [1.29, 1.82) is 0 Å². The molecule has 3 rings (SSSR count). The number of benzene rings is 2. The number of hydrogen-bond acceptors (Lipinski definition) is 3. The molecule has 1 fully saturated rings. The number of halogens is 1. The third-order valence-corrected chi connectivity index (χ3v) is 5.30. The van der Waals surface area contributed by atoms with Gasteiger partial charge in [-0.15, -0.1) is 0 Å². The third-order valence-electron chi connectivity index (χ3n) is 4.93. The molecule has 2 amide bonds. The standard InChI is InChI=1S/C22H26ClN3O2/c23-20-9-5-4-6-17(20)14-24-15-21(27)25-19-12-10-16(11-13-19)22(28)26-18-7-2-1-3-8-18/h4-6,9-13,18,24H,1-3,7-8,14-15H2,(H,25,27)(H,26,28). The van der Waals surface area contributed by atoms with Crippen LogP contribution in [0.25, 0.3) is 0 Å². The lowest BCUT2D eigenvalue weighted by Crippen LogP contribution is -2.36. The summed E-state index contributed by atoms with van der Waals surface area (Å²) in [6.45, 7) is 0.697. The van der Waals surface area contributed by atoms with Crippen LogP contribution in [0.4, 0.5) is 5.69 Å². The van der Waals surface area contributed by atoms with E-state index in [1.54, 1.807) is 24.3 Å². The van der Waals surface area contributed by atoms with E-state index < -0.39 is 0 Å². The fraction of sp³-hybridized carbons (Fsp3) is 0.364. The summed E-state index contributed by atoms with van der Waals surface area (Å²) in [4.78, 5) is 24.4. The second-order valence-corrected chi connectivity index (χ2v) is 7.54. The van der Waals surface area contributed by atoms with Crippen molar-refractivity contribution in [2.75, 3.05) is 11.9 Å². The lowest BCUT2D eigenvalue weighted by Gasteiger charge is -2.22. The zero-order chi connectivity index (χ0) is 19.8. The number of hydrogen-bond donors (Lipinski definition) is 3. The Bertz CT molecular complexity index is 802. The number of nitrogens with one attached hydrogen (secondary N) is 3. The quantitative estimate of drug-likeness (QED) is 0.655. The SMILES string of the molecule is O=C(CNCc1ccccc1Cl)Nc1ccc(C(=O)NC2CCCCC2)cc1. The molecule has 148 valence electrons. The largest absolute Gasteiger partial charge is 0.349 e. The topological polar surface area (TPSA) is 70.2 Å². The van der Waals surface area contributed by atoms with Crippen LogP contribution in [0.3, 0.4) is 0 Å². The summed E-state index contributed by atoms with van der Waals surface area (Å²) >= 11 is 6.10. The number of carbonyl (C=O) groups excluding carboxylic acids is 2. The van der Waals surface area contributed by atoms with E-state index in [1.165, 1.54) is 19.3 Å². The van der Waals surface area contributed by atoms with E-state index in [1.807, 2.05) is 24.3 Å². The normalized spacial score (nSPS) is 14.5. The highest BCUT2D eigenvalue weighted by atomic mass is 35.5. The van der Waals surface area contributed by atoms with Gasteiger partial charge < -0.3 is 16.0 Å². The molecule has 6 heteroatoms. The maximum Gasteiger partial charge on any atom is 0.251 e. The average Bonchev–Trinajstić information content (AvgIpc) is 2.71. The van der Waals surface area contributed by atoms with Crippen molar-refractivity contribution in [2.24, 2.45) is 0 Å². The van der Waals surface area contributed by atoms with E-state index in [0.717, 1.165) is 18.4 Å². The second-order valence-electron chi connectivity index (χ2n) is 7.13. The van der Waals surface area contributed by atoms with E-state index in [2.05, 4.69) is 16.0 Å². The number of amides is 2. The Labute approximate surface area is 170 Å². The molecule has 1 saturated carbocycles. The first kappa shape index (κ1) is 20.4. The van der Waals surface area contributed by atoms with Crippen molar-refractivity contribution in [3.63, 3.8) is 0 Å². The number of anilines is 1. The molecule has 0 unspecified atom stereocenters. The minimum Gasteiger partial charge on any atom is -0.349 e. The van der Waals surface area contributed by atoms with Gasteiger partial charge in [-0.2, -0.15) is 0 Å². The van der Waals surface area contributed by atoms with Gasteiger partial charge >= 0.3 is 0 Å². The molecule has 0 atom stereocenters. The molecule has 0 aliphatic heterocycles. The first-order chi connectivity index (χ1) is 13.6. The van der Waals surface area contributed by atoms with E-state index in [4.69, 9.17) is 11.6 Å². The maximum absolute atomic E-state index is 12.3. The first-order valence-electron chi connectivity index (χ1n) is 9.77. The minimum atomic E-state index is -0.147. The lowest BCUT2D eigenvalue weighted by atomic mass is 9.95. The highest BCUT2D eigenvalue weighted by Gasteiger charge is 2.16. The smallest absolute Gasteiger partial charge is 0.251 e. The molecule has 2 aromatic rings. The predicted octanol–water partition coefficient (Wildman–Crippen LogP) is 4.13. The van der Waals surface area contributed by atoms with Gasteiger partial charge in [-0.3, -0.25) is 9.59 Å². The highest BCUT2D eigenvalue weighted by Crippen LogP contribution is 2.18. The highest BCUT2D eigenvalue weighted by molar-refractivity contribution is 6.31. The van der Waals surface area contributed by atoms with Crippen LogP contribution in [0.1, 0.15) is 48.0 Å². The van der Waals surface area contributed by atoms with Gasteiger partial charge in [0.1, 0.15) is 0 Å². The summed E-state index contributed by atoms with van der Waals surface area (Å²) in [5.74, 6) is -0.197. The van der Waals surface area contributed by atoms with Crippen LogP contribution in [0.2, 0.25) is 5.02 Å². The van der Waals surface area contributed by atoms with Crippen molar-refractivity contribution in [3.8, 4) is 0 Å². The van der Waals surface area contributed by atoms with Gasteiger partial charge in [-0.25, -0.2) is 0 Å². The summed E-state index contributed by atoms with van der Waals surface area (Å²) in [7, 11) is 0. The lowest BCUT2D eigenvalue weighted by molar-refractivity contribution is -0.115. The van der Waals surface area contributed by atoms with Crippen LogP contribution in [0.15, 0.2) is 48.5 Å². The zero-order valence-corrected chi connectivity index (χ0v) is 16.6. The summed E-state index contributed by atoms with van der Waals surface area (Å²) in [5, 5.41) is 9.68. The van der Waals surface area contributed by atoms with Crippen molar-refractivity contribution >= 4 is 29.1 Å². The van der Waals surface area contributed by atoms with Crippen LogP contribution in [0, 0.1) is 0 Å². The summed E-state index contributed by atoms with van der Waals surface area (Å²) in [6, 6.07) is 14.8. The average molecular weight is 400 g/mol. The summed E-state index contributed by atoms with van der Waals surface area (Å²) in [5.41, 5.74) is 2.23. The first-order valence-corrected chi connectivity index (χ1v) is 10.1. The Morgan fingerprint density at radius 2 is 1.68 bits per heavy atom. The van der Waals surface area contributed by atoms with Crippen LogP contribution in [-0.2, 0) is 11.3 Å². The molecule has 1 aliphatic carbocycles. The van der Waals surface area contributed by atoms with E-state index in [9.17, 15) is 9.59 Å². The zero-order valence-electron chi connectivity index (χ0n) is 15.8. The van der Waals surface area contributed by atoms with Crippen LogP contribution in [0.5, 0.6) is 0 Å². The molecule has 0 saturated heterocycles. The van der Waals surface area contributed by atoms with Gasteiger partial charge in [-0.1, -0.05) is 49.1 Å². The Balaban J connectivity index is 1.43. The van der Waals surface area contributed by atoms with Crippen LogP contribution >= 0.6 is 11.6 Å². The van der Waals surface area contributed by atoms with Gasteiger partial charge in [0, 0.05) is 28.9 Å². The van der Waals surface area contributed by atoms with Gasteiger partial charge in [-0.05, 0) is 48.7 Å². The molecule has 28 heavy (non-hydrogen) atoms.